The van der Waals surface area contributed by atoms with Gasteiger partial charge in [0.05, 0.1) is 13.2 Å². The maximum absolute atomic E-state index is 14.1. The van der Waals surface area contributed by atoms with Crippen LogP contribution in [-0.4, -0.2) is 12.2 Å². The van der Waals surface area contributed by atoms with Crippen molar-refractivity contribution in [3.05, 3.63) is 65.0 Å². The molecule has 2 nitrogen and oxygen atoms in total. The number of rotatable bonds is 3. The summed E-state index contributed by atoms with van der Waals surface area (Å²) in [6.45, 7) is 0. The zero-order chi connectivity index (χ0) is 14.1. The van der Waals surface area contributed by atoms with Gasteiger partial charge >= 0.3 is 0 Å². The van der Waals surface area contributed by atoms with Gasteiger partial charge in [0.2, 0.25) is 0 Å². The molecule has 3 heteroatoms. The van der Waals surface area contributed by atoms with Gasteiger partial charge in [-0.2, -0.15) is 0 Å². The Morgan fingerprint density at radius 1 is 1.25 bits per heavy atom. The van der Waals surface area contributed by atoms with Crippen molar-refractivity contribution in [2.75, 3.05) is 7.11 Å². The molecule has 2 aromatic carbocycles. The lowest BCUT2D eigenvalue weighted by Gasteiger charge is -2.20. The predicted octanol–water partition coefficient (Wildman–Crippen LogP) is 3.60. The number of hydrogen-bond acceptors (Lipinski definition) is 2. The minimum absolute atomic E-state index is 0.0332. The summed E-state index contributed by atoms with van der Waals surface area (Å²) in [5.41, 5.74) is 2.73. The summed E-state index contributed by atoms with van der Waals surface area (Å²) in [4.78, 5) is 0. The molecule has 2 atom stereocenters. The molecule has 104 valence electrons. The molecule has 1 aliphatic rings. The van der Waals surface area contributed by atoms with E-state index < -0.39 is 11.9 Å². The van der Waals surface area contributed by atoms with Crippen molar-refractivity contribution in [1.29, 1.82) is 0 Å². The molecule has 1 N–H and O–H groups in total. The summed E-state index contributed by atoms with van der Waals surface area (Å²) in [5.74, 6) is 0.0144. The highest BCUT2D eigenvalue weighted by molar-refractivity contribution is 5.39. The Morgan fingerprint density at radius 2 is 2.05 bits per heavy atom. The van der Waals surface area contributed by atoms with Crippen LogP contribution < -0.4 is 4.74 Å². The summed E-state index contributed by atoms with van der Waals surface area (Å²) >= 11 is 0. The molecule has 2 unspecified atom stereocenters. The fourth-order valence-corrected chi connectivity index (χ4v) is 3.01. The number of methoxy groups -OCH3 is 1. The molecule has 0 heterocycles. The quantitative estimate of drug-likeness (QED) is 0.925. The first-order valence-electron chi connectivity index (χ1n) is 6.80. The van der Waals surface area contributed by atoms with Gasteiger partial charge in [0.15, 0.2) is 0 Å². The third-order valence-corrected chi connectivity index (χ3v) is 4.09. The number of benzene rings is 2. The van der Waals surface area contributed by atoms with Crippen LogP contribution in [0.3, 0.4) is 0 Å². The van der Waals surface area contributed by atoms with Crippen molar-refractivity contribution in [2.24, 2.45) is 0 Å². The maximum Gasteiger partial charge on any atom is 0.132 e. The fraction of sp³-hybridized carbons (Fsp3) is 0.294. The summed E-state index contributed by atoms with van der Waals surface area (Å²) in [6, 6.07) is 12.7. The zero-order valence-electron chi connectivity index (χ0n) is 11.3. The molecule has 0 bridgehead atoms. The summed E-state index contributed by atoms with van der Waals surface area (Å²) in [5, 5.41) is 10.5. The van der Waals surface area contributed by atoms with Gasteiger partial charge in [-0.1, -0.05) is 24.3 Å². The van der Waals surface area contributed by atoms with Crippen LogP contribution in [0.5, 0.6) is 5.75 Å². The Balaban J connectivity index is 1.92. The minimum Gasteiger partial charge on any atom is -0.497 e. The molecule has 0 aliphatic heterocycles. The van der Waals surface area contributed by atoms with E-state index in [9.17, 15) is 9.50 Å². The Bertz CT molecular complexity index is 624. The number of hydrogen-bond donors (Lipinski definition) is 1. The van der Waals surface area contributed by atoms with E-state index in [1.807, 2.05) is 18.2 Å². The third-order valence-electron chi connectivity index (χ3n) is 4.09. The summed E-state index contributed by atoms with van der Waals surface area (Å²) in [6.07, 6.45) is 0.978. The molecule has 2 aromatic rings. The third kappa shape index (κ3) is 2.18. The maximum atomic E-state index is 14.1. The summed E-state index contributed by atoms with van der Waals surface area (Å²) in [7, 11) is 1.50. The van der Waals surface area contributed by atoms with Crippen LogP contribution in [0.4, 0.5) is 4.39 Å². The SMILES string of the molecule is COc1ccc(C(O)C2CCc3ccccc32)c(F)c1. The molecule has 0 aromatic heterocycles. The fourth-order valence-electron chi connectivity index (χ4n) is 3.01. The lowest BCUT2D eigenvalue weighted by molar-refractivity contribution is 0.140. The van der Waals surface area contributed by atoms with Crippen LogP contribution in [-0.2, 0) is 6.42 Å². The molecule has 20 heavy (non-hydrogen) atoms. The van der Waals surface area contributed by atoms with E-state index >= 15 is 0 Å². The Hall–Kier alpha value is -1.87. The van der Waals surface area contributed by atoms with Gasteiger partial charge in [-0.25, -0.2) is 4.39 Å². The Labute approximate surface area is 117 Å². The van der Waals surface area contributed by atoms with Crippen molar-refractivity contribution in [3.63, 3.8) is 0 Å². The van der Waals surface area contributed by atoms with Gasteiger partial charge in [0, 0.05) is 17.5 Å². The Morgan fingerprint density at radius 3 is 2.80 bits per heavy atom. The van der Waals surface area contributed by atoms with Gasteiger partial charge in [-0.05, 0) is 36.1 Å². The van der Waals surface area contributed by atoms with Crippen LogP contribution >= 0.6 is 0 Å². The van der Waals surface area contributed by atoms with E-state index in [1.54, 1.807) is 12.1 Å². The molecule has 3 rings (SSSR count). The van der Waals surface area contributed by atoms with Gasteiger partial charge in [-0.15, -0.1) is 0 Å². The molecular weight excluding hydrogens is 255 g/mol. The second-order valence-corrected chi connectivity index (χ2v) is 5.18. The zero-order valence-corrected chi connectivity index (χ0v) is 11.3. The van der Waals surface area contributed by atoms with Crippen molar-refractivity contribution >= 4 is 0 Å². The average Bonchev–Trinajstić information content (AvgIpc) is 2.90. The highest BCUT2D eigenvalue weighted by Crippen LogP contribution is 2.42. The second kappa shape index (κ2) is 5.25. The first-order chi connectivity index (χ1) is 9.70. The molecular formula is C17H17FO2. The van der Waals surface area contributed by atoms with E-state index in [-0.39, 0.29) is 5.92 Å². The van der Waals surface area contributed by atoms with Crippen LogP contribution in [0, 0.1) is 5.82 Å². The number of aliphatic hydroxyl groups is 1. The second-order valence-electron chi connectivity index (χ2n) is 5.18. The monoisotopic (exact) mass is 272 g/mol. The minimum atomic E-state index is -0.815. The van der Waals surface area contributed by atoms with Crippen molar-refractivity contribution in [3.8, 4) is 5.75 Å². The molecule has 0 fully saturated rings. The highest BCUT2D eigenvalue weighted by atomic mass is 19.1. The number of ether oxygens (including phenoxy) is 1. The smallest absolute Gasteiger partial charge is 0.132 e. The lowest BCUT2D eigenvalue weighted by atomic mass is 9.90. The predicted molar refractivity (Wildman–Crippen MR) is 75.4 cm³/mol. The van der Waals surface area contributed by atoms with E-state index in [1.165, 1.54) is 18.7 Å². The van der Waals surface area contributed by atoms with Gasteiger partial charge in [0.25, 0.3) is 0 Å². The van der Waals surface area contributed by atoms with Crippen LogP contribution in [0.2, 0.25) is 0 Å². The van der Waals surface area contributed by atoms with E-state index in [4.69, 9.17) is 4.74 Å². The van der Waals surface area contributed by atoms with E-state index in [0.29, 0.717) is 11.3 Å². The Kier molecular flexibility index (Phi) is 3.45. The van der Waals surface area contributed by atoms with Crippen molar-refractivity contribution < 1.29 is 14.2 Å². The number of fused-ring (bicyclic) bond motifs is 1. The van der Waals surface area contributed by atoms with Gasteiger partial charge in [0.1, 0.15) is 11.6 Å². The average molecular weight is 272 g/mol. The first-order valence-corrected chi connectivity index (χ1v) is 6.80. The molecule has 0 radical (unpaired) electrons. The molecule has 0 amide bonds. The van der Waals surface area contributed by atoms with Crippen LogP contribution in [0.1, 0.15) is 35.1 Å². The van der Waals surface area contributed by atoms with E-state index in [2.05, 4.69) is 6.07 Å². The standard InChI is InChI=1S/C17H17FO2/c1-20-12-7-9-15(16(18)10-12)17(19)14-8-6-11-4-2-3-5-13(11)14/h2-5,7,9-10,14,17,19H,6,8H2,1H3. The molecule has 0 saturated heterocycles. The number of aliphatic hydroxyl groups excluding tert-OH is 1. The number of halogens is 1. The van der Waals surface area contributed by atoms with Crippen LogP contribution in [0.25, 0.3) is 0 Å². The van der Waals surface area contributed by atoms with E-state index in [0.717, 1.165) is 18.4 Å². The number of aryl methyl sites for hydroxylation is 1. The van der Waals surface area contributed by atoms with Crippen LogP contribution in [0.15, 0.2) is 42.5 Å². The highest BCUT2D eigenvalue weighted by Gasteiger charge is 2.30. The molecule has 1 aliphatic carbocycles. The van der Waals surface area contributed by atoms with Gasteiger partial charge < -0.3 is 9.84 Å². The summed E-state index contributed by atoms with van der Waals surface area (Å²) < 4.78 is 19.1. The lowest BCUT2D eigenvalue weighted by Crippen LogP contribution is -2.10. The normalized spacial score (nSPS) is 18.6. The molecule has 0 spiro atoms. The first kappa shape index (κ1) is 13.1. The largest absolute Gasteiger partial charge is 0.497 e. The van der Waals surface area contributed by atoms with Crippen molar-refractivity contribution in [2.45, 2.75) is 24.9 Å². The topological polar surface area (TPSA) is 29.5 Å². The van der Waals surface area contributed by atoms with Gasteiger partial charge in [-0.3, -0.25) is 0 Å². The van der Waals surface area contributed by atoms with Crippen molar-refractivity contribution in [1.82, 2.24) is 0 Å². The molecule has 0 saturated carbocycles.